The van der Waals surface area contributed by atoms with E-state index in [0.29, 0.717) is 12.0 Å². The molecule has 0 aliphatic heterocycles. The molecule has 0 aliphatic carbocycles. The normalized spacial score (nSPS) is 10.1. The molecule has 2 N–H and O–H groups in total. The maximum absolute atomic E-state index is 5.88. The van der Waals surface area contributed by atoms with Gasteiger partial charge in [-0.2, -0.15) is 0 Å². The number of nitrogens with two attached hydrogens (primary N) is 1. The summed E-state index contributed by atoms with van der Waals surface area (Å²) in [5.41, 5.74) is 10.2. The minimum Gasteiger partial charge on any atom is -0.493 e. The average molecular weight is 410 g/mol. The highest BCUT2D eigenvalue weighted by atomic mass is 16.5. The Hall–Kier alpha value is -2.48. The second kappa shape index (κ2) is 15.4. The van der Waals surface area contributed by atoms with Gasteiger partial charge in [0.25, 0.3) is 0 Å². The Morgan fingerprint density at radius 3 is 1.80 bits per heavy atom. The Kier molecular flexibility index (Phi) is 14.1. The number of hydrogen-bond acceptors (Lipinski definition) is 2. The van der Waals surface area contributed by atoms with Gasteiger partial charge in [0.05, 0.1) is 6.61 Å². The predicted octanol–water partition coefficient (Wildman–Crippen LogP) is 7.52. The van der Waals surface area contributed by atoms with Crippen molar-refractivity contribution < 1.29 is 4.74 Å². The number of hydrogen-bond donors (Lipinski definition) is 1. The van der Waals surface area contributed by atoms with Crippen LogP contribution in [0.25, 0.3) is 0 Å². The van der Waals surface area contributed by atoms with Crippen molar-refractivity contribution in [3.8, 4) is 5.75 Å². The zero-order valence-corrected chi connectivity index (χ0v) is 20.1. The second-order valence-electron chi connectivity index (χ2n) is 8.49. The van der Waals surface area contributed by atoms with Crippen LogP contribution in [0, 0.1) is 5.41 Å². The number of rotatable bonds is 8. The molecule has 0 unspecified atom stereocenters. The van der Waals surface area contributed by atoms with E-state index in [1.165, 1.54) is 28.5 Å². The molecule has 2 heteroatoms. The van der Waals surface area contributed by atoms with Crippen LogP contribution >= 0.6 is 0 Å². The summed E-state index contributed by atoms with van der Waals surface area (Å²) < 4.78 is 5.88. The minimum atomic E-state index is 0.334. The van der Waals surface area contributed by atoms with Gasteiger partial charge in [0.1, 0.15) is 5.75 Å². The van der Waals surface area contributed by atoms with E-state index < -0.39 is 0 Å². The number of aryl methyl sites for hydroxylation is 1. The topological polar surface area (TPSA) is 35.2 Å². The van der Waals surface area contributed by atoms with Crippen LogP contribution in [-0.2, 0) is 19.3 Å². The fraction of sp³-hybridized carbons (Fsp3) is 0.429. The third-order valence-electron chi connectivity index (χ3n) is 4.18. The largest absolute Gasteiger partial charge is 0.493 e. The number of benzene rings is 2. The van der Waals surface area contributed by atoms with Crippen LogP contribution in [0.1, 0.15) is 64.7 Å². The maximum atomic E-state index is 5.88. The molecule has 0 saturated heterocycles. The third kappa shape index (κ3) is 13.7. The molecule has 0 heterocycles. The lowest BCUT2D eigenvalue weighted by atomic mass is 9.88. The first kappa shape index (κ1) is 27.5. The van der Waals surface area contributed by atoms with Crippen molar-refractivity contribution in [2.45, 2.75) is 67.2 Å². The van der Waals surface area contributed by atoms with E-state index in [-0.39, 0.29) is 0 Å². The van der Waals surface area contributed by atoms with E-state index in [9.17, 15) is 0 Å². The van der Waals surface area contributed by atoms with E-state index in [4.69, 9.17) is 4.74 Å². The molecule has 0 radical (unpaired) electrons. The van der Waals surface area contributed by atoms with Gasteiger partial charge in [-0.25, -0.2) is 0 Å². The Balaban J connectivity index is 0.00000154. The Bertz CT molecular complexity index is 706. The van der Waals surface area contributed by atoms with Crippen LogP contribution in [0.3, 0.4) is 0 Å². The molecule has 0 bridgehead atoms. The first-order valence-electron chi connectivity index (χ1n) is 11.0. The van der Waals surface area contributed by atoms with Crippen molar-refractivity contribution in [3.05, 3.63) is 90.2 Å². The quantitative estimate of drug-likeness (QED) is 0.458. The van der Waals surface area contributed by atoms with E-state index >= 15 is 0 Å². The monoisotopic (exact) mass is 409 g/mol. The number of allylic oxidation sites excluding steroid dienone is 1. The van der Waals surface area contributed by atoms with Crippen molar-refractivity contribution in [2.75, 3.05) is 6.61 Å². The molecule has 166 valence electrons. The van der Waals surface area contributed by atoms with Crippen LogP contribution < -0.4 is 10.5 Å². The van der Waals surface area contributed by atoms with Crippen LogP contribution in [-0.4, -0.2) is 6.61 Å². The molecule has 0 atom stereocenters. The van der Waals surface area contributed by atoms with E-state index in [1.807, 2.05) is 13.8 Å². The second-order valence-corrected chi connectivity index (χ2v) is 8.49. The van der Waals surface area contributed by atoms with Crippen molar-refractivity contribution in [2.24, 2.45) is 11.1 Å². The van der Waals surface area contributed by atoms with E-state index in [0.717, 1.165) is 31.4 Å². The van der Waals surface area contributed by atoms with Gasteiger partial charge in [0.2, 0.25) is 0 Å². The lowest BCUT2D eigenvalue weighted by Gasteiger charge is -2.18. The molecule has 2 nitrogen and oxygen atoms in total. The summed E-state index contributed by atoms with van der Waals surface area (Å²) in [4.78, 5) is 0. The molecule has 2 aromatic rings. The first-order valence-corrected chi connectivity index (χ1v) is 11.0. The Morgan fingerprint density at radius 2 is 1.33 bits per heavy atom. The summed E-state index contributed by atoms with van der Waals surface area (Å²) in [5.74, 6) is 0.948. The molecule has 2 aromatic carbocycles. The molecule has 30 heavy (non-hydrogen) atoms. The SMILES string of the molecule is C=C(C)CCc1ccc(OCCc2ccc(CC(C)(C)C)cc2)cc1.C=CN.CC. The molecule has 0 spiro atoms. The molecule has 0 aliphatic rings. The maximum Gasteiger partial charge on any atom is 0.119 e. The van der Waals surface area contributed by atoms with E-state index in [2.05, 4.69) is 95.1 Å². The summed E-state index contributed by atoms with van der Waals surface area (Å²) in [6.45, 7) is 20.7. The number of ether oxygens (including phenoxy) is 1. The van der Waals surface area contributed by atoms with Crippen LogP contribution in [0.2, 0.25) is 0 Å². The summed E-state index contributed by atoms with van der Waals surface area (Å²) in [7, 11) is 0. The predicted molar refractivity (Wildman–Crippen MR) is 134 cm³/mol. The lowest BCUT2D eigenvalue weighted by Crippen LogP contribution is -2.09. The van der Waals surface area contributed by atoms with Gasteiger partial charge >= 0.3 is 0 Å². The zero-order valence-electron chi connectivity index (χ0n) is 20.1. The molecule has 0 aromatic heterocycles. The summed E-state index contributed by atoms with van der Waals surface area (Å²) in [6.07, 6.45) is 5.40. The van der Waals surface area contributed by atoms with Crippen LogP contribution in [0.4, 0.5) is 0 Å². The van der Waals surface area contributed by atoms with Gasteiger partial charge in [-0.05, 0) is 66.6 Å². The molecule has 0 amide bonds. The zero-order chi connectivity index (χ0) is 23.0. The molecular weight excluding hydrogens is 366 g/mol. The minimum absolute atomic E-state index is 0.334. The highest BCUT2D eigenvalue weighted by molar-refractivity contribution is 5.28. The van der Waals surface area contributed by atoms with Gasteiger partial charge < -0.3 is 10.5 Å². The van der Waals surface area contributed by atoms with Crippen LogP contribution in [0.15, 0.2) is 73.5 Å². The van der Waals surface area contributed by atoms with E-state index in [1.54, 1.807) is 0 Å². The molecule has 0 saturated carbocycles. The van der Waals surface area contributed by atoms with Gasteiger partial charge in [0, 0.05) is 6.42 Å². The Labute approximate surface area is 185 Å². The average Bonchev–Trinajstić information content (AvgIpc) is 2.70. The first-order chi connectivity index (χ1) is 14.2. The summed E-state index contributed by atoms with van der Waals surface area (Å²) >= 11 is 0. The van der Waals surface area contributed by atoms with Crippen LogP contribution in [0.5, 0.6) is 5.75 Å². The standard InChI is InChI=1S/C24H32O.C2H5N.C2H6/c1-19(2)6-7-20-12-14-23(15-13-20)25-17-16-21-8-10-22(11-9-21)18-24(3,4)5;1-2-3;1-2/h8-15H,1,6-7,16-18H2,2-5H3;2H,1,3H2;1-2H3. The van der Waals surface area contributed by atoms with Gasteiger partial charge in [-0.1, -0.05) is 83.2 Å². The van der Waals surface area contributed by atoms with Gasteiger partial charge in [-0.3, -0.25) is 0 Å². The smallest absolute Gasteiger partial charge is 0.119 e. The summed E-state index contributed by atoms with van der Waals surface area (Å²) in [5, 5.41) is 0. The highest BCUT2D eigenvalue weighted by Gasteiger charge is 2.10. The highest BCUT2D eigenvalue weighted by Crippen LogP contribution is 2.21. The third-order valence-corrected chi connectivity index (χ3v) is 4.18. The van der Waals surface area contributed by atoms with Crippen molar-refractivity contribution >= 4 is 0 Å². The fourth-order valence-electron chi connectivity index (χ4n) is 2.83. The van der Waals surface area contributed by atoms with Crippen molar-refractivity contribution in [3.63, 3.8) is 0 Å². The Morgan fingerprint density at radius 1 is 0.900 bits per heavy atom. The summed E-state index contributed by atoms with van der Waals surface area (Å²) in [6, 6.07) is 17.4. The fourth-order valence-corrected chi connectivity index (χ4v) is 2.83. The van der Waals surface area contributed by atoms with Gasteiger partial charge in [0.15, 0.2) is 0 Å². The lowest BCUT2D eigenvalue weighted by molar-refractivity contribution is 0.322. The molecular formula is C28H43NO. The molecule has 2 rings (SSSR count). The van der Waals surface area contributed by atoms with Gasteiger partial charge in [-0.15, -0.1) is 6.58 Å². The van der Waals surface area contributed by atoms with Crippen molar-refractivity contribution in [1.29, 1.82) is 0 Å². The molecule has 0 fully saturated rings. The van der Waals surface area contributed by atoms with Crippen molar-refractivity contribution in [1.82, 2.24) is 0 Å².